The van der Waals surface area contributed by atoms with Gasteiger partial charge in [-0.1, -0.05) is 24.5 Å². The molecule has 1 N–H and O–H groups in total. The molecule has 5 heteroatoms. The van der Waals surface area contributed by atoms with Crippen molar-refractivity contribution < 1.29 is 9.59 Å². The van der Waals surface area contributed by atoms with Crippen LogP contribution in [0.1, 0.15) is 48.1 Å². The Morgan fingerprint density at radius 1 is 1.15 bits per heavy atom. The average Bonchev–Trinajstić information content (AvgIpc) is 3.25. The van der Waals surface area contributed by atoms with Crippen LogP contribution >= 0.6 is 0 Å². The average molecular weight is 367 g/mol. The molecule has 2 aliphatic rings. The Morgan fingerprint density at radius 3 is 2.59 bits per heavy atom. The lowest BCUT2D eigenvalue weighted by molar-refractivity contribution is -0.146. The monoisotopic (exact) mass is 367 g/mol. The van der Waals surface area contributed by atoms with Gasteiger partial charge < -0.3 is 14.8 Å². The second kappa shape index (κ2) is 7.02. The third kappa shape index (κ3) is 3.35. The number of carbonyl (C=O) groups is 2. The number of fused-ring (bicyclic) bond motifs is 1. The largest absolute Gasteiger partial charge is 0.358 e. The van der Waals surface area contributed by atoms with Crippen molar-refractivity contribution in [3.63, 3.8) is 0 Å². The van der Waals surface area contributed by atoms with Crippen molar-refractivity contribution in [3.8, 4) is 0 Å². The highest BCUT2D eigenvalue weighted by atomic mass is 16.2. The summed E-state index contributed by atoms with van der Waals surface area (Å²) in [6.45, 7) is 7.77. The van der Waals surface area contributed by atoms with Gasteiger partial charge in [-0.25, -0.2) is 0 Å². The number of H-pyrrole nitrogens is 1. The molecule has 1 aromatic heterocycles. The second-order valence-electron chi connectivity index (χ2n) is 8.25. The van der Waals surface area contributed by atoms with Crippen LogP contribution in [0.25, 0.3) is 10.9 Å². The molecule has 1 aromatic carbocycles. The Morgan fingerprint density at radius 2 is 1.89 bits per heavy atom. The van der Waals surface area contributed by atoms with Crippen molar-refractivity contribution >= 4 is 22.7 Å². The molecule has 4 rings (SSSR count). The van der Waals surface area contributed by atoms with Crippen molar-refractivity contribution in [2.75, 3.05) is 19.6 Å². The number of nitrogens with one attached hydrogen (secondary N) is 1. The highest BCUT2D eigenvalue weighted by molar-refractivity contribution is 5.93. The van der Waals surface area contributed by atoms with E-state index in [0.717, 1.165) is 35.0 Å². The number of aryl methyl sites for hydroxylation is 3. The Labute approximate surface area is 160 Å². The first-order valence-corrected chi connectivity index (χ1v) is 10.1. The van der Waals surface area contributed by atoms with Crippen molar-refractivity contribution in [2.24, 2.45) is 0 Å². The number of aromatic amines is 1. The molecule has 2 fully saturated rings. The molecule has 1 saturated heterocycles. The van der Waals surface area contributed by atoms with Gasteiger partial charge in [0, 0.05) is 35.7 Å². The molecule has 5 nitrogen and oxygen atoms in total. The molecule has 27 heavy (non-hydrogen) atoms. The van der Waals surface area contributed by atoms with E-state index in [9.17, 15) is 9.59 Å². The first-order valence-electron chi connectivity index (χ1n) is 10.1. The highest BCUT2D eigenvalue weighted by Crippen LogP contribution is 2.28. The number of hydrogen-bond donors (Lipinski definition) is 1. The van der Waals surface area contributed by atoms with Crippen LogP contribution in [0.15, 0.2) is 12.1 Å². The maximum atomic E-state index is 12.9. The van der Waals surface area contributed by atoms with Gasteiger partial charge in [-0.3, -0.25) is 9.59 Å². The van der Waals surface area contributed by atoms with E-state index >= 15 is 0 Å². The van der Waals surface area contributed by atoms with E-state index in [-0.39, 0.29) is 18.4 Å². The number of carbonyl (C=O) groups excluding carboxylic acids is 2. The van der Waals surface area contributed by atoms with Crippen molar-refractivity contribution in [1.29, 1.82) is 0 Å². The summed E-state index contributed by atoms with van der Waals surface area (Å²) in [5.41, 5.74) is 5.62. The van der Waals surface area contributed by atoms with Gasteiger partial charge in [0.25, 0.3) is 0 Å². The summed E-state index contributed by atoms with van der Waals surface area (Å²) < 4.78 is 0. The molecule has 1 saturated carbocycles. The van der Waals surface area contributed by atoms with Gasteiger partial charge >= 0.3 is 0 Å². The fourth-order valence-electron chi connectivity index (χ4n) is 4.83. The van der Waals surface area contributed by atoms with Crippen LogP contribution in [0.5, 0.6) is 0 Å². The minimum atomic E-state index is 0.0533. The van der Waals surface area contributed by atoms with Crippen LogP contribution in [0.2, 0.25) is 0 Å². The van der Waals surface area contributed by atoms with Crippen LogP contribution in [0.3, 0.4) is 0 Å². The third-order valence-electron chi connectivity index (χ3n) is 6.27. The maximum Gasteiger partial charge on any atom is 0.242 e. The summed E-state index contributed by atoms with van der Waals surface area (Å²) >= 11 is 0. The lowest BCUT2D eigenvalue weighted by atomic mass is 10.0. The fraction of sp³-hybridized carbons (Fsp3) is 0.545. The summed E-state index contributed by atoms with van der Waals surface area (Å²) in [7, 11) is 0. The van der Waals surface area contributed by atoms with Gasteiger partial charge in [0.05, 0.1) is 13.0 Å². The molecule has 2 amide bonds. The van der Waals surface area contributed by atoms with Gasteiger partial charge in [0.1, 0.15) is 0 Å². The molecule has 0 unspecified atom stereocenters. The summed E-state index contributed by atoms with van der Waals surface area (Å²) in [6.07, 6.45) is 5.02. The van der Waals surface area contributed by atoms with E-state index in [1.807, 2.05) is 11.8 Å². The molecule has 2 heterocycles. The van der Waals surface area contributed by atoms with Crippen LogP contribution < -0.4 is 0 Å². The van der Waals surface area contributed by atoms with Gasteiger partial charge in [-0.15, -0.1) is 0 Å². The van der Waals surface area contributed by atoms with Crippen molar-refractivity contribution in [2.45, 2.75) is 58.9 Å². The Bertz CT molecular complexity index is 893. The van der Waals surface area contributed by atoms with Crippen LogP contribution in [0, 0.1) is 20.8 Å². The van der Waals surface area contributed by atoms with Gasteiger partial charge in [0.2, 0.25) is 11.8 Å². The lowest BCUT2D eigenvalue weighted by Gasteiger charge is -2.37. The number of nitrogens with zero attached hydrogens (tertiary/aromatic N) is 2. The number of rotatable bonds is 3. The van der Waals surface area contributed by atoms with Crippen LogP contribution in [-0.2, 0) is 16.0 Å². The van der Waals surface area contributed by atoms with Gasteiger partial charge in [0.15, 0.2) is 0 Å². The zero-order valence-corrected chi connectivity index (χ0v) is 16.6. The zero-order valence-electron chi connectivity index (χ0n) is 16.6. The molecule has 0 atom stereocenters. The second-order valence-corrected chi connectivity index (χ2v) is 8.25. The number of aromatic nitrogens is 1. The standard InChI is InChI=1S/C22H29N3O2/c1-14-10-15(2)22-19(11-14)18(16(3)23-22)12-20(26)24-8-9-25(21(27)13-24)17-6-4-5-7-17/h10-11,17,23H,4-9,12-13H2,1-3H3. The van der Waals surface area contributed by atoms with Crippen LogP contribution in [-0.4, -0.2) is 52.3 Å². The number of hydrogen-bond acceptors (Lipinski definition) is 2. The molecular formula is C22H29N3O2. The summed E-state index contributed by atoms with van der Waals surface area (Å²) in [5.74, 6) is 0.168. The Balaban J connectivity index is 1.49. The van der Waals surface area contributed by atoms with Crippen LogP contribution in [0.4, 0.5) is 0 Å². The number of amides is 2. The summed E-state index contributed by atoms with van der Waals surface area (Å²) in [5, 5.41) is 1.13. The smallest absolute Gasteiger partial charge is 0.242 e. The minimum Gasteiger partial charge on any atom is -0.358 e. The van der Waals surface area contributed by atoms with E-state index < -0.39 is 0 Å². The van der Waals surface area contributed by atoms with Crippen molar-refractivity contribution in [3.05, 3.63) is 34.5 Å². The normalized spacial score (nSPS) is 18.7. The summed E-state index contributed by atoms with van der Waals surface area (Å²) in [4.78, 5) is 32.7. The quantitative estimate of drug-likeness (QED) is 0.905. The molecule has 0 spiro atoms. The lowest BCUT2D eigenvalue weighted by Crippen LogP contribution is -2.55. The van der Waals surface area contributed by atoms with E-state index in [4.69, 9.17) is 0 Å². The Hall–Kier alpha value is -2.30. The van der Waals surface area contributed by atoms with E-state index in [1.54, 1.807) is 4.90 Å². The van der Waals surface area contributed by atoms with E-state index in [2.05, 4.69) is 31.0 Å². The van der Waals surface area contributed by atoms with Gasteiger partial charge in [-0.2, -0.15) is 0 Å². The highest BCUT2D eigenvalue weighted by Gasteiger charge is 2.33. The topological polar surface area (TPSA) is 56.4 Å². The molecule has 1 aliphatic heterocycles. The van der Waals surface area contributed by atoms with E-state index in [0.29, 0.717) is 25.6 Å². The predicted molar refractivity (Wildman–Crippen MR) is 107 cm³/mol. The third-order valence-corrected chi connectivity index (χ3v) is 6.27. The number of benzene rings is 1. The molecule has 144 valence electrons. The molecule has 2 aromatic rings. The van der Waals surface area contributed by atoms with E-state index in [1.165, 1.54) is 24.0 Å². The first-order chi connectivity index (χ1) is 12.9. The molecular weight excluding hydrogens is 338 g/mol. The maximum absolute atomic E-state index is 12.9. The van der Waals surface area contributed by atoms with Gasteiger partial charge in [-0.05, 0) is 50.8 Å². The predicted octanol–water partition coefficient (Wildman–Crippen LogP) is 3.25. The summed E-state index contributed by atoms with van der Waals surface area (Å²) in [6, 6.07) is 4.71. The minimum absolute atomic E-state index is 0.0533. The number of piperazine rings is 1. The fourth-order valence-corrected chi connectivity index (χ4v) is 4.83. The Kier molecular flexibility index (Phi) is 4.70. The molecule has 0 bridgehead atoms. The first kappa shape index (κ1) is 18.1. The van der Waals surface area contributed by atoms with Crippen molar-refractivity contribution in [1.82, 2.24) is 14.8 Å². The SMILES string of the molecule is Cc1cc(C)c2[nH]c(C)c(CC(=O)N3CCN(C4CCCC4)C(=O)C3)c2c1. The molecule has 0 radical (unpaired) electrons. The zero-order chi connectivity index (χ0) is 19.1. The molecule has 1 aliphatic carbocycles.